The number of nitrogens with zero attached hydrogens (tertiary/aromatic N) is 5. The van der Waals surface area contributed by atoms with Crippen LogP contribution >= 0.6 is 11.3 Å². The van der Waals surface area contributed by atoms with Gasteiger partial charge in [-0.1, -0.05) is 0 Å². The average molecular weight is 482 g/mol. The molecule has 3 heterocycles. The van der Waals surface area contributed by atoms with Gasteiger partial charge in [-0.3, -0.25) is 4.98 Å². The van der Waals surface area contributed by atoms with Crippen molar-refractivity contribution in [1.82, 2.24) is 19.9 Å². The number of nitrogens with one attached hydrogen (secondary N) is 2. The summed E-state index contributed by atoms with van der Waals surface area (Å²) in [5.74, 6) is 0.449. The minimum Gasteiger partial charge on any atom is -0.396 e. The molecule has 4 atom stereocenters. The highest BCUT2D eigenvalue weighted by molar-refractivity contribution is 7.21. The minimum absolute atomic E-state index is 0.209. The quantitative estimate of drug-likeness (QED) is 0.338. The third-order valence-corrected chi connectivity index (χ3v) is 7.87. The van der Waals surface area contributed by atoms with Crippen molar-refractivity contribution < 1.29 is 15.3 Å². The molecule has 11 heteroatoms. The number of thiazole rings is 1. The molecule has 2 aliphatic carbocycles. The summed E-state index contributed by atoms with van der Waals surface area (Å²) < 4.78 is 0.997. The normalized spacial score (nSPS) is 25.3. The van der Waals surface area contributed by atoms with Gasteiger partial charge in [0.15, 0.2) is 0 Å². The van der Waals surface area contributed by atoms with Crippen molar-refractivity contribution in [3.63, 3.8) is 0 Å². The molecule has 5 N–H and O–H groups in total. The second-order valence-electron chi connectivity index (χ2n) is 9.27. The lowest BCUT2D eigenvalue weighted by molar-refractivity contribution is 0.00446. The molecular weight excluding hydrogens is 454 g/mol. The van der Waals surface area contributed by atoms with Gasteiger partial charge in [-0.05, 0) is 39.2 Å². The van der Waals surface area contributed by atoms with Crippen molar-refractivity contribution in [3.05, 3.63) is 23.7 Å². The molecule has 10 nitrogen and oxygen atoms in total. The summed E-state index contributed by atoms with van der Waals surface area (Å²) in [5.41, 5.74) is 2.69. The maximum absolute atomic E-state index is 10.6. The Morgan fingerprint density at radius 2 is 1.97 bits per heavy atom. The molecule has 0 amide bonds. The van der Waals surface area contributed by atoms with Crippen LogP contribution < -0.4 is 10.6 Å². The highest BCUT2D eigenvalue weighted by atomic mass is 32.1. The lowest BCUT2D eigenvalue weighted by atomic mass is 10.1. The fraction of sp³-hybridized carbons (Fsp3) is 0.522. The summed E-state index contributed by atoms with van der Waals surface area (Å²) >= 11 is 1.51. The van der Waals surface area contributed by atoms with Gasteiger partial charge in [0.1, 0.15) is 22.4 Å². The van der Waals surface area contributed by atoms with Crippen LogP contribution in [0.25, 0.3) is 20.8 Å². The van der Waals surface area contributed by atoms with Gasteiger partial charge in [0.2, 0.25) is 5.95 Å². The lowest BCUT2D eigenvalue weighted by Crippen LogP contribution is -2.35. The average Bonchev–Trinajstić information content (AvgIpc) is 3.40. The Morgan fingerprint density at radius 1 is 1.18 bits per heavy atom. The van der Waals surface area contributed by atoms with Crippen molar-refractivity contribution in [2.24, 2.45) is 11.3 Å². The Labute approximate surface area is 200 Å². The Kier molecular flexibility index (Phi) is 5.85. The van der Waals surface area contributed by atoms with E-state index in [0.29, 0.717) is 36.0 Å². The number of anilines is 2. The van der Waals surface area contributed by atoms with Crippen LogP contribution in [-0.2, 0) is 0 Å². The van der Waals surface area contributed by atoms with Gasteiger partial charge in [-0.25, -0.2) is 9.97 Å². The zero-order valence-electron chi connectivity index (χ0n) is 19.0. The van der Waals surface area contributed by atoms with Crippen LogP contribution in [0.2, 0.25) is 0 Å². The standard InChI is InChI=1S/C23H27N7O3S/c1-11-16(21-29-17-12(2)25-6-3-15(17)34-21)20(28-14-7-13(8-31)18(32)19(14)33)30-22(27-11)26-10-23(9-24)4-5-23/h3,6,13-14,18-19,31-33H,4-5,7-8,10H2,1-2H3,(H2,26,27,28,30)/t13-,14-,18-,19+/m1/s1. The molecule has 0 bridgehead atoms. The number of pyridine rings is 1. The summed E-state index contributed by atoms with van der Waals surface area (Å²) in [4.78, 5) is 18.5. The first-order valence-electron chi connectivity index (χ1n) is 11.3. The molecule has 0 saturated heterocycles. The van der Waals surface area contributed by atoms with E-state index < -0.39 is 24.2 Å². The monoisotopic (exact) mass is 481 g/mol. The molecule has 5 rings (SSSR count). The fourth-order valence-corrected chi connectivity index (χ4v) is 5.56. The molecule has 3 aromatic heterocycles. The van der Waals surface area contributed by atoms with E-state index in [2.05, 4.69) is 26.7 Å². The maximum atomic E-state index is 10.6. The van der Waals surface area contributed by atoms with Crippen molar-refractivity contribution >= 4 is 33.3 Å². The Hall–Kier alpha value is -2.91. The van der Waals surface area contributed by atoms with Crippen molar-refractivity contribution in [1.29, 1.82) is 5.26 Å². The van der Waals surface area contributed by atoms with Gasteiger partial charge in [0.25, 0.3) is 0 Å². The largest absolute Gasteiger partial charge is 0.396 e. The molecule has 34 heavy (non-hydrogen) atoms. The minimum atomic E-state index is -1.05. The summed E-state index contributed by atoms with van der Waals surface area (Å²) in [6, 6.07) is 3.78. The van der Waals surface area contributed by atoms with Crippen LogP contribution in [0.3, 0.4) is 0 Å². The van der Waals surface area contributed by atoms with Crippen LogP contribution in [-0.4, -0.2) is 66.7 Å². The number of aliphatic hydroxyl groups excluding tert-OH is 3. The number of aliphatic hydroxyl groups is 3. The van der Waals surface area contributed by atoms with Crippen LogP contribution in [0, 0.1) is 36.5 Å². The van der Waals surface area contributed by atoms with E-state index >= 15 is 0 Å². The molecule has 178 valence electrons. The molecule has 2 saturated carbocycles. The number of aryl methyl sites for hydroxylation is 2. The van der Waals surface area contributed by atoms with Crippen molar-refractivity contribution in [3.8, 4) is 16.6 Å². The highest BCUT2D eigenvalue weighted by Gasteiger charge is 2.43. The maximum Gasteiger partial charge on any atom is 0.224 e. The van der Waals surface area contributed by atoms with Crippen molar-refractivity contribution in [2.45, 2.75) is 51.4 Å². The molecule has 0 radical (unpaired) electrons. The van der Waals surface area contributed by atoms with E-state index in [0.717, 1.165) is 33.8 Å². The van der Waals surface area contributed by atoms with Gasteiger partial charge in [-0.15, -0.1) is 11.3 Å². The van der Waals surface area contributed by atoms with Crippen LogP contribution in [0.15, 0.2) is 12.3 Å². The van der Waals surface area contributed by atoms with E-state index in [1.54, 1.807) is 6.20 Å². The molecule has 2 fully saturated rings. The van der Waals surface area contributed by atoms with Gasteiger partial charge >= 0.3 is 0 Å². The number of hydrogen-bond acceptors (Lipinski definition) is 11. The van der Waals surface area contributed by atoms with E-state index in [4.69, 9.17) is 9.97 Å². The topological polar surface area (TPSA) is 160 Å². The fourth-order valence-electron chi connectivity index (χ4n) is 4.45. The number of fused-ring (bicyclic) bond motifs is 1. The molecule has 3 aromatic rings. The van der Waals surface area contributed by atoms with Gasteiger partial charge < -0.3 is 26.0 Å². The first-order valence-corrected chi connectivity index (χ1v) is 12.2. The second-order valence-corrected chi connectivity index (χ2v) is 10.3. The Balaban J connectivity index is 1.54. The highest BCUT2D eigenvalue weighted by Crippen LogP contribution is 2.45. The van der Waals surface area contributed by atoms with Gasteiger partial charge in [0, 0.05) is 25.3 Å². The summed E-state index contributed by atoms with van der Waals surface area (Å²) in [7, 11) is 0. The predicted molar refractivity (Wildman–Crippen MR) is 128 cm³/mol. The van der Waals surface area contributed by atoms with Gasteiger partial charge in [0.05, 0.1) is 45.3 Å². The molecule has 0 spiro atoms. The predicted octanol–water partition coefficient (Wildman–Crippen LogP) is 2.00. The van der Waals surface area contributed by atoms with E-state index in [1.165, 1.54) is 11.3 Å². The zero-order valence-corrected chi connectivity index (χ0v) is 19.8. The molecule has 0 unspecified atom stereocenters. The smallest absolute Gasteiger partial charge is 0.224 e. The third kappa shape index (κ3) is 4.07. The number of hydrogen-bond donors (Lipinski definition) is 5. The van der Waals surface area contributed by atoms with Crippen LogP contribution in [0.5, 0.6) is 0 Å². The van der Waals surface area contributed by atoms with E-state index in [-0.39, 0.29) is 12.0 Å². The van der Waals surface area contributed by atoms with Crippen molar-refractivity contribution in [2.75, 3.05) is 23.8 Å². The summed E-state index contributed by atoms with van der Waals surface area (Å²) in [6.07, 6.45) is 1.78. The van der Waals surface area contributed by atoms with E-state index in [1.807, 2.05) is 19.9 Å². The van der Waals surface area contributed by atoms with E-state index in [9.17, 15) is 20.6 Å². The first kappa shape index (κ1) is 22.9. The second kappa shape index (κ2) is 8.70. The number of nitriles is 1. The lowest BCUT2D eigenvalue weighted by Gasteiger charge is -2.21. The number of aromatic nitrogens is 4. The summed E-state index contributed by atoms with van der Waals surface area (Å²) in [6.45, 7) is 4.04. The van der Waals surface area contributed by atoms with Gasteiger partial charge in [-0.2, -0.15) is 10.2 Å². The Morgan fingerprint density at radius 3 is 2.62 bits per heavy atom. The third-order valence-electron chi connectivity index (χ3n) is 6.83. The molecule has 2 aliphatic rings. The molecule has 0 aliphatic heterocycles. The first-order chi connectivity index (χ1) is 16.3. The molecular formula is C23H27N7O3S. The number of rotatable bonds is 7. The summed E-state index contributed by atoms with van der Waals surface area (Å²) in [5, 5.41) is 47.0. The van der Waals surface area contributed by atoms with Crippen LogP contribution in [0.1, 0.15) is 30.7 Å². The molecule has 0 aromatic carbocycles. The van der Waals surface area contributed by atoms with Crippen LogP contribution in [0.4, 0.5) is 11.8 Å². The SMILES string of the molecule is Cc1nc(NCC2(C#N)CC2)nc(N[C@@H]2C[C@H](CO)[C@@H](O)[C@H]2O)c1-c1nc2c(C)nccc2s1. The zero-order chi connectivity index (χ0) is 24.0. The Bertz CT molecular complexity index is 1270.